The van der Waals surface area contributed by atoms with E-state index in [-0.39, 0.29) is 12.4 Å². The second-order valence-electron chi connectivity index (χ2n) is 6.48. The van der Waals surface area contributed by atoms with Crippen LogP contribution < -0.4 is 4.74 Å². The molecule has 28 heavy (non-hydrogen) atoms. The van der Waals surface area contributed by atoms with Gasteiger partial charge in [0.1, 0.15) is 18.2 Å². The van der Waals surface area contributed by atoms with Crippen LogP contribution in [0.5, 0.6) is 5.75 Å². The maximum atomic E-state index is 13.0. The van der Waals surface area contributed by atoms with Crippen molar-refractivity contribution < 1.29 is 9.13 Å². The van der Waals surface area contributed by atoms with Crippen molar-refractivity contribution >= 4 is 12.2 Å². The summed E-state index contributed by atoms with van der Waals surface area (Å²) in [4.78, 5) is 2.14. The van der Waals surface area contributed by atoms with Crippen molar-refractivity contribution in [2.75, 3.05) is 7.05 Å². The van der Waals surface area contributed by atoms with Gasteiger partial charge in [0.25, 0.3) is 0 Å². The number of hydrogen-bond donors (Lipinski definition) is 0. The SMILES string of the molecule is C=CCn1c(COc2ccc(F)cc2)nn(CN(C)Cc2ccccc2)c1=S. The number of halogens is 1. The van der Waals surface area contributed by atoms with Crippen molar-refractivity contribution in [3.8, 4) is 5.75 Å². The number of allylic oxidation sites excluding steroid dienone is 1. The fraction of sp³-hybridized carbons (Fsp3) is 0.238. The van der Waals surface area contributed by atoms with E-state index < -0.39 is 0 Å². The van der Waals surface area contributed by atoms with Crippen molar-refractivity contribution in [2.24, 2.45) is 0 Å². The van der Waals surface area contributed by atoms with Crippen molar-refractivity contribution in [1.82, 2.24) is 19.2 Å². The van der Waals surface area contributed by atoms with Crippen LogP contribution in [0.3, 0.4) is 0 Å². The van der Waals surface area contributed by atoms with Crippen LogP contribution in [0.2, 0.25) is 0 Å². The second kappa shape index (κ2) is 9.43. The Bertz CT molecular complexity index is 966. The summed E-state index contributed by atoms with van der Waals surface area (Å²) < 4.78 is 23.1. The fourth-order valence-corrected chi connectivity index (χ4v) is 3.13. The van der Waals surface area contributed by atoms with E-state index in [4.69, 9.17) is 17.0 Å². The van der Waals surface area contributed by atoms with Crippen molar-refractivity contribution in [2.45, 2.75) is 26.4 Å². The Balaban J connectivity index is 1.72. The molecule has 1 heterocycles. The van der Waals surface area contributed by atoms with Gasteiger partial charge < -0.3 is 4.74 Å². The Labute approximate surface area is 169 Å². The standard InChI is InChI=1S/C21H23FN4OS/c1-3-13-25-20(15-27-19-11-9-18(22)10-12-19)23-26(21(25)28)16-24(2)14-17-7-5-4-6-8-17/h3-12H,1,13-16H2,2H3. The van der Waals surface area contributed by atoms with Crippen molar-refractivity contribution in [3.63, 3.8) is 0 Å². The highest BCUT2D eigenvalue weighted by atomic mass is 32.1. The fourth-order valence-electron chi connectivity index (χ4n) is 2.85. The molecule has 0 radical (unpaired) electrons. The lowest BCUT2D eigenvalue weighted by atomic mass is 10.2. The lowest BCUT2D eigenvalue weighted by Gasteiger charge is -2.16. The Morgan fingerprint density at radius 3 is 2.57 bits per heavy atom. The first kappa shape index (κ1) is 20.0. The number of hydrogen-bond acceptors (Lipinski definition) is 4. The molecule has 0 spiro atoms. The van der Waals surface area contributed by atoms with Crippen molar-refractivity contribution in [3.05, 3.63) is 89.2 Å². The highest BCUT2D eigenvalue weighted by Crippen LogP contribution is 2.14. The molecule has 0 aliphatic rings. The zero-order chi connectivity index (χ0) is 19.9. The average molecular weight is 399 g/mol. The number of aromatic nitrogens is 3. The number of rotatable bonds is 9. The molecule has 0 saturated carbocycles. The first-order valence-electron chi connectivity index (χ1n) is 8.95. The molecule has 0 saturated heterocycles. The first-order valence-corrected chi connectivity index (χ1v) is 9.36. The number of ether oxygens (including phenoxy) is 1. The summed E-state index contributed by atoms with van der Waals surface area (Å²) in [6, 6.07) is 16.1. The smallest absolute Gasteiger partial charge is 0.199 e. The molecular weight excluding hydrogens is 375 g/mol. The molecule has 0 unspecified atom stereocenters. The molecule has 3 rings (SSSR count). The summed E-state index contributed by atoms with van der Waals surface area (Å²) in [6.45, 7) is 5.92. The van der Waals surface area contributed by atoms with Crippen molar-refractivity contribution in [1.29, 1.82) is 0 Å². The Morgan fingerprint density at radius 2 is 1.89 bits per heavy atom. The van der Waals surface area contributed by atoms with Crippen LogP contribution in [0, 0.1) is 10.6 Å². The predicted octanol–water partition coefficient (Wildman–Crippen LogP) is 4.41. The third kappa shape index (κ3) is 5.15. The largest absolute Gasteiger partial charge is 0.486 e. The zero-order valence-corrected chi connectivity index (χ0v) is 16.6. The van der Waals surface area contributed by atoms with Gasteiger partial charge in [-0.2, -0.15) is 5.10 Å². The molecule has 0 fully saturated rings. The van der Waals surface area contributed by atoms with Crippen LogP contribution in [0.1, 0.15) is 11.4 Å². The second-order valence-corrected chi connectivity index (χ2v) is 6.85. The summed E-state index contributed by atoms with van der Waals surface area (Å²) in [6.07, 6.45) is 1.77. The van der Waals surface area contributed by atoms with Gasteiger partial charge in [-0.3, -0.25) is 9.47 Å². The van der Waals surface area contributed by atoms with Gasteiger partial charge in [0.2, 0.25) is 0 Å². The quantitative estimate of drug-likeness (QED) is 0.395. The van der Waals surface area contributed by atoms with E-state index >= 15 is 0 Å². The molecule has 2 aromatic carbocycles. The molecule has 1 aromatic heterocycles. The van der Waals surface area contributed by atoms with E-state index in [0.717, 1.165) is 6.54 Å². The van der Waals surface area contributed by atoms with E-state index in [1.54, 1.807) is 22.9 Å². The highest BCUT2D eigenvalue weighted by Gasteiger charge is 2.12. The lowest BCUT2D eigenvalue weighted by Crippen LogP contribution is -2.22. The minimum absolute atomic E-state index is 0.235. The molecule has 0 amide bonds. The Kier molecular flexibility index (Phi) is 6.73. The number of benzene rings is 2. The molecule has 0 atom stereocenters. The molecule has 146 valence electrons. The van der Waals surface area contributed by atoms with E-state index in [2.05, 4.69) is 28.7 Å². The Hall–Kier alpha value is -2.77. The Morgan fingerprint density at radius 1 is 1.18 bits per heavy atom. The zero-order valence-electron chi connectivity index (χ0n) is 15.8. The highest BCUT2D eigenvalue weighted by molar-refractivity contribution is 7.71. The normalized spacial score (nSPS) is 11.0. The van der Waals surface area contributed by atoms with E-state index in [1.165, 1.54) is 17.7 Å². The van der Waals surface area contributed by atoms with Gasteiger partial charge in [-0.15, -0.1) is 6.58 Å². The average Bonchev–Trinajstić information content (AvgIpc) is 2.97. The summed E-state index contributed by atoms with van der Waals surface area (Å²) in [7, 11) is 2.02. The van der Waals surface area contributed by atoms with Gasteiger partial charge in [0.15, 0.2) is 10.6 Å². The molecule has 7 heteroatoms. The van der Waals surface area contributed by atoms with Gasteiger partial charge in [-0.25, -0.2) is 9.07 Å². The summed E-state index contributed by atoms with van der Waals surface area (Å²) >= 11 is 5.59. The molecule has 0 N–H and O–H groups in total. The van der Waals surface area contributed by atoms with Crippen LogP contribution >= 0.6 is 12.2 Å². The minimum Gasteiger partial charge on any atom is -0.486 e. The van der Waals surface area contributed by atoms with E-state index in [0.29, 0.717) is 29.6 Å². The van der Waals surface area contributed by atoms with Crippen LogP contribution in [-0.2, 0) is 26.4 Å². The van der Waals surface area contributed by atoms with Gasteiger partial charge >= 0.3 is 0 Å². The molecule has 3 aromatic rings. The number of nitrogens with zero attached hydrogens (tertiary/aromatic N) is 4. The maximum absolute atomic E-state index is 13.0. The predicted molar refractivity (Wildman–Crippen MR) is 110 cm³/mol. The van der Waals surface area contributed by atoms with E-state index in [1.807, 2.05) is 29.8 Å². The van der Waals surface area contributed by atoms with E-state index in [9.17, 15) is 4.39 Å². The maximum Gasteiger partial charge on any atom is 0.199 e. The lowest BCUT2D eigenvalue weighted by molar-refractivity contribution is 0.241. The van der Waals surface area contributed by atoms with Gasteiger partial charge in [0, 0.05) is 13.1 Å². The van der Waals surface area contributed by atoms with Crippen LogP contribution in [0.4, 0.5) is 4.39 Å². The van der Waals surface area contributed by atoms with Crippen LogP contribution in [0.25, 0.3) is 0 Å². The molecule has 5 nitrogen and oxygen atoms in total. The summed E-state index contributed by atoms with van der Waals surface area (Å²) in [5.41, 5.74) is 1.22. The first-order chi connectivity index (χ1) is 13.6. The van der Waals surface area contributed by atoms with Crippen LogP contribution in [-0.4, -0.2) is 26.3 Å². The van der Waals surface area contributed by atoms with Gasteiger partial charge in [0.05, 0.1) is 6.67 Å². The summed E-state index contributed by atoms with van der Waals surface area (Å²) in [5.74, 6) is 0.975. The summed E-state index contributed by atoms with van der Waals surface area (Å²) in [5, 5.41) is 4.63. The minimum atomic E-state index is -0.298. The molecule has 0 aliphatic heterocycles. The molecular formula is C21H23FN4OS. The third-order valence-corrected chi connectivity index (χ3v) is 4.59. The van der Waals surface area contributed by atoms with Gasteiger partial charge in [-0.05, 0) is 49.1 Å². The third-order valence-electron chi connectivity index (χ3n) is 4.16. The topological polar surface area (TPSA) is 35.2 Å². The van der Waals surface area contributed by atoms with Gasteiger partial charge in [-0.1, -0.05) is 36.4 Å². The monoisotopic (exact) mass is 398 g/mol. The molecule has 0 bridgehead atoms. The van der Waals surface area contributed by atoms with Crippen LogP contribution in [0.15, 0.2) is 67.3 Å². The molecule has 0 aliphatic carbocycles.